The van der Waals surface area contributed by atoms with Crippen molar-refractivity contribution < 1.29 is 14.6 Å². The highest BCUT2D eigenvalue weighted by Gasteiger charge is 2.11. The van der Waals surface area contributed by atoms with Crippen molar-refractivity contribution in [3.63, 3.8) is 0 Å². The molecular formula is C23H29N5O3. The van der Waals surface area contributed by atoms with Crippen molar-refractivity contribution in [1.29, 1.82) is 0 Å². The lowest BCUT2D eigenvalue weighted by Crippen LogP contribution is -2.29. The topological polar surface area (TPSA) is 91.7 Å². The van der Waals surface area contributed by atoms with Gasteiger partial charge in [-0.3, -0.25) is 4.68 Å². The smallest absolute Gasteiger partial charge is 0.323 e. The van der Waals surface area contributed by atoms with Crippen LogP contribution in [0.2, 0.25) is 0 Å². The number of hydrogen-bond donors (Lipinski definition) is 3. The van der Waals surface area contributed by atoms with Crippen LogP contribution in [-0.2, 0) is 13.0 Å². The summed E-state index contributed by atoms with van der Waals surface area (Å²) in [5, 5.41) is 19.8. The van der Waals surface area contributed by atoms with Gasteiger partial charge in [0, 0.05) is 30.4 Å². The summed E-state index contributed by atoms with van der Waals surface area (Å²) in [6, 6.07) is 15.3. The number of benzene rings is 2. The summed E-state index contributed by atoms with van der Waals surface area (Å²) in [6.07, 6.45) is 3.40. The third-order valence-electron chi connectivity index (χ3n) is 4.64. The van der Waals surface area contributed by atoms with Gasteiger partial charge in [0.05, 0.1) is 31.6 Å². The standard InChI is InChI=1S/C23H29N5O3/c1-27(2)15-21(29)16-28-14-20(13-24-28)26-23(30)25-19-9-10-22(31-3)18(12-19)11-17-7-5-4-6-8-17/h4-10,12-14,21,29H,11,15-16H2,1-3H3,(H2,25,26,30). The van der Waals surface area contributed by atoms with Crippen molar-refractivity contribution >= 4 is 17.4 Å². The number of carbonyl (C=O) groups is 1. The van der Waals surface area contributed by atoms with E-state index in [0.29, 0.717) is 30.9 Å². The number of anilines is 2. The normalized spacial score (nSPS) is 11.9. The quantitative estimate of drug-likeness (QED) is 0.492. The summed E-state index contributed by atoms with van der Waals surface area (Å²) in [5.74, 6) is 0.771. The highest BCUT2D eigenvalue weighted by atomic mass is 16.5. The van der Waals surface area contributed by atoms with Gasteiger partial charge in [0.2, 0.25) is 0 Å². The maximum absolute atomic E-state index is 12.4. The van der Waals surface area contributed by atoms with E-state index in [2.05, 4.69) is 27.9 Å². The predicted molar refractivity (Wildman–Crippen MR) is 122 cm³/mol. The van der Waals surface area contributed by atoms with Crippen molar-refractivity contribution in [3.05, 3.63) is 72.1 Å². The van der Waals surface area contributed by atoms with Gasteiger partial charge in [0.1, 0.15) is 5.75 Å². The number of ether oxygens (including phenoxy) is 1. The van der Waals surface area contributed by atoms with Gasteiger partial charge in [0.15, 0.2) is 0 Å². The van der Waals surface area contributed by atoms with Crippen molar-refractivity contribution in [2.75, 3.05) is 38.4 Å². The number of amides is 2. The van der Waals surface area contributed by atoms with Crippen LogP contribution in [0.25, 0.3) is 0 Å². The minimum absolute atomic E-state index is 0.350. The Labute approximate surface area is 182 Å². The first-order valence-corrected chi connectivity index (χ1v) is 10.1. The molecule has 0 aliphatic carbocycles. The number of likely N-dealkylation sites (N-methyl/N-ethyl adjacent to an activating group) is 1. The zero-order valence-electron chi connectivity index (χ0n) is 18.1. The molecule has 0 saturated carbocycles. The summed E-state index contributed by atoms with van der Waals surface area (Å²) in [6.45, 7) is 0.884. The molecule has 2 aromatic carbocycles. The fourth-order valence-electron chi connectivity index (χ4n) is 3.33. The lowest BCUT2D eigenvalue weighted by atomic mass is 10.0. The average molecular weight is 424 g/mol. The van der Waals surface area contributed by atoms with E-state index in [1.165, 1.54) is 0 Å². The molecule has 1 unspecified atom stereocenters. The highest BCUT2D eigenvalue weighted by Crippen LogP contribution is 2.25. The minimum Gasteiger partial charge on any atom is -0.496 e. The largest absolute Gasteiger partial charge is 0.496 e. The zero-order chi connectivity index (χ0) is 22.2. The molecule has 0 aliphatic heterocycles. The molecule has 0 saturated heterocycles. The third-order valence-corrected chi connectivity index (χ3v) is 4.64. The van der Waals surface area contributed by atoms with E-state index in [9.17, 15) is 9.90 Å². The molecule has 0 radical (unpaired) electrons. The van der Waals surface area contributed by atoms with Crippen molar-refractivity contribution in [2.45, 2.75) is 19.1 Å². The van der Waals surface area contributed by atoms with Gasteiger partial charge < -0.3 is 25.4 Å². The van der Waals surface area contributed by atoms with E-state index in [1.807, 2.05) is 49.3 Å². The van der Waals surface area contributed by atoms with Gasteiger partial charge in [-0.1, -0.05) is 30.3 Å². The van der Waals surface area contributed by atoms with Gasteiger partial charge in [0.25, 0.3) is 0 Å². The van der Waals surface area contributed by atoms with Gasteiger partial charge in [-0.2, -0.15) is 5.10 Å². The van der Waals surface area contributed by atoms with E-state index in [4.69, 9.17) is 4.74 Å². The van der Waals surface area contributed by atoms with Gasteiger partial charge >= 0.3 is 6.03 Å². The highest BCUT2D eigenvalue weighted by molar-refractivity contribution is 5.99. The molecule has 3 aromatic rings. The molecule has 8 heteroatoms. The van der Waals surface area contributed by atoms with E-state index < -0.39 is 6.10 Å². The molecule has 0 bridgehead atoms. The third kappa shape index (κ3) is 6.84. The molecule has 1 aromatic heterocycles. The SMILES string of the molecule is COc1ccc(NC(=O)Nc2cnn(CC(O)CN(C)C)c2)cc1Cc1ccccc1. The molecule has 8 nitrogen and oxygen atoms in total. The van der Waals surface area contributed by atoms with E-state index in [0.717, 1.165) is 16.9 Å². The summed E-state index contributed by atoms with van der Waals surface area (Å²) in [5.41, 5.74) is 3.35. The second kappa shape index (κ2) is 10.6. The number of aliphatic hydroxyl groups excluding tert-OH is 1. The van der Waals surface area contributed by atoms with Crippen LogP contribution >= 0.6 is 0 Å². The number of rotatable bonds is 9. The lowest BCUT2D eigenvalue weighted by Gasteiger charge is -2.15. The van der Waals surface area contributed by atoms with Crippen LogP contribution in [-0.4, -0.2) is 59.7 Å². The molecule has 0 fully saturated rings. The number of aromatic nitrogens is 2. The Morgan fingerprint density at radius 2 is 1.90 bits per heavy atom. The number of aliphatic hydroxyl groups is 1. The number of nitrogens with one attached hydrogen (secondary N) is 2. The first-order valence-electron chi connectivity index (χ1n) is 10.1. The number of nitrogens with zero attached hydrogens (tertiary/aromatic N) is 3. The number of carbonyl (C=O) groups excluding carboxylic acids is 1. The summed E-state index contributed by atoms with van der Waals surface area (Å²) in [4.78, 5) is 14.3. The van der Waals surface area contributed by atoms with Gasteiger partial charge in [-0.05, 0) is 37.9 Å². The molecule has 0 aliphatic rings. The fraction of sp³-hybridized carbons (Fsp3) is 0.304. The molecule has 1 atom stereocenters. The van der Waals surface area contributed by atoms with Crippen LogP contribution in [0.5, 0.6) is 5.75 Å². The Kier molecular flexibility index (Phi) is 7.64. The number of urea groups is 1. The lowest BCUT2D eigenvalue weighted by molar-refractivity contribution is 0.116. The van der Waals surface area contributed by atoms with Crippen molar-refractivity contribution in [2.24, 2.45) is 0 Å². The first kappa shape index (κ1) is 22.3. The maximum Gasteiger partial charge on any atom is 0.323 e. The van der Waals surface area contributed by atoms with E-state index in [-0.39, 0.29) is 6.03 Å². The second-order valence-corrected chi connectivity index (χ2v) is 7.64. The Balaban J connectivity index is 1.61. The monoisotopic (exact) mass is 423 g/mol. The molecular weight excluding hydrogens is 394 g/mol. The Bertz CT molecular complexity index is 988. The Morgan fingerprint density at radius 3 is 2.61 bits per heavy atom. The molecule has 0 spiro atoms. The van der Waals surface area contributed by atoms with Crippen LogP contribution in [0.1, 0.15) is 11.1 Å². The first-order chi connectivity index (χ1) is 14.9. The Hall–Kier alpha value is -3.36. The molecule has 3 rings (SSSR count). The predicted octanol–water partition coefficient (Wildman–Crippen LogP) is 3.05. The van der Waals surface area contributed by atoms with Crippen molar-refractivity contribution in [3.8, 4) is 5.75 Å². The fourth-order valence-corrected chi connectivity index (χ4v) is 3.33. The Morgan fingerprint density at radius 1 is 1.16 bits per heavy atom. The van der Waals surface area contributed by atoms with Crippen LogP contribution in [0.4, 0.5) is 16.2 Å². The summed E-state index contributed by atoms with van der Waals surface area (Å²) in [7, 11) is 5.43. The molecule has 2 amide bonds. The molecule has 3 N–H and O–H groups in total. The van der Waals surface area contributed by atoms with Crippen LogP contribution in [0, 0.1) is 0 Å². The summed E-state index contributed by atoms with van der Waals surface area (Å²) >= 11 is 0. The zero-order valence-corrected chi connectivity index (χ0v) is 18.1. The number of hydrogen-bond acceptors (Lipinski definition) is 5. The van der Waals surface area contributed by atoms with Gasteiger partial charge in [-0.15, -0.1) is 0 Å². The molecule has 1 heterocycles. The van der Waals surface area contributed by atoms with Crippen LogP contribution in [0.3, 0.4) is 0 Å². The average Bonchev–Trinajstić information content (AvgIpc) is 3.14. The van der Waals surface area contributed by atoms with Crippen molar-refractivity contribution in [1.82, 2.24) is 14.7 Å². The maximum atomic E-state index is 12.4. The van der Waals surface area contributed by atoms with Gasteiger partial charge in [-0.25, -0.2) is 4.79 Å². The van der Waals surface area contributed by atoms with Crippen LogP contribution < -0.4 is 15.4 Å². The molecule has 164 valence electrons. The van der Waals surface area contributed by atoms with E-state index >= 15 is 0 Å². The second-order valence-electron chi connectivity index (χ2n) is 7.64. The minimum atomic E-state index is -0.543. The molecule has 31 heavy (non-hydrogen) atoms. The summed E-state index contributed by atoms with van der Waals surface area (Å²) < 4.78 is 7.07. The number of methoxy groups -OCH3 is 1. The van der Waals surface area contributed by atoms with E-state index in [1.54, 1.807) is 30.3 Å². The van der Waals surface area contributed by atoms with Crippen LogP contribution in [0.15, 0.2) is 60.9 Å².